The van der Waals surface area contributed by atoms with Crippen LogP contribution in [0.3, 0.4) is 0 Å². The first-order valence-electron chi connectivity index (χ1n) is 8.65. The predicted octanol–water partition coefficient (Wildman–Crippen LogP) is 0.714. The molecule has 26 heavy (non-hydrogen) atoms. The zero-order valence-electron chi connectivity index (χ0n) is 14.8. The Balaban J connectivity index is 1.63. The third-order valence-electron chi connectivity index (χ3n) is 4.91. The van der Waals surface area contributed by atoms with Gasteiger partial charge in [-0.2, -0.15) is 5.10 Å². The Kier molecular flexibility index (Phi) is 5.43. The monoisotopic (exact) mass is 376 g/mol. The summed E-state index contributed by atoms with van der Waals surface area (Å²) in [5, 5.41) is 10.1. The summed E-state index contributed by atoms with van der Waals surface area (Å²) in [6.45, 7) is 2.06. The number of amides is 1. The lowest BCUT2D eigenvalue weighted by Crippen LogP contribution is -2.57. The van der Waals surface area contributed by atoms with Crippen molar-refractivity contribution in [3.05, 3.63) is 53.9 Å². The second-order valence-corrected chi connectivity index (χ2v) is 9.05. The van der Waals surface area contributed by atoms with E-state index in [-0.39, 0.29) is 0 Å². The Bertz CT molecular complexity index is 839. The molecule has 0 unspecified atom stereocenters. The van der Waals surface area contributed by atoms with Crippen molar-refractivity contribution in [2.75, 3.05) is 19.3 Å². The fraction of sp³-hybridized carbons (Fsp3) is 0.444. The third kappa shape index (κ3) is 3.96. The van der Waals surface area contributed by atoms with E-state index in [9.17, 15) is 13.2 Å². The molecule has 3 rings (SSSR count). The van der Waals surface area contributed by atoms with E-state index >= 15 is 0 Å². The number of rotatable bonds is 6. The van der Waals surface area contributed by atoms with E-state index in [0.29, 0.717) is 39.0 Å². The van der Waals surface area contributed by atoms with Crippen LogP contribution in [0.4, 0.5) is 0 Å². The van der Waals surface area contributed by atoms with E-state index in [1.54, 1.807) is 6.20 Å². The van der Waals surface area contributed by atoms with E-state index < -0.39 is 20.5 Å². The van der Waals surface area contributed by atoms with Gasteiger partial charge in [0, 0.05) is 25.2 Å². The van der Waals surface area contributed by atoms with Gasteiger partial charge in [0.05, 0.1) is 6.54 Å². The number of nitrogens with one attached hydrogen (secondary N) is 2. The predicted molar refractivity (Wildman–Crippen MR) is 99.3 cm³/mol. The number of benzene rings is 1. The maximum absolute atomic E-state index is 12.7. The van der Waals surface area contributed by atoms with Crippen LogP contribution < -0.4 is 10.6 Å². The van der Waals surface area contributed by atoms with Crippen LogP contribution in [-0.4, -0.2) is 48.2 Å². The summed E-state index contributed by atoms with van der Waals surface area (Å²) in [5.74, 6) is -0.401. The first kappa shape index (κ1) is 18.6. The summed E-state index contributed by atoms with van der Waals surface area (Å²) in [4.78, 5) is 12.7. The molecule has 140 valence electrons. The lowest BCUT2D eigenvalue weighted by atomic mass is 9.95. The van der Waals surface area contributed by atoms with Gasteiger partial charge in [0.25, 0.3) is 0 Å². The number of hydrogen-bond acceptors (Lipinski definition) is 5. The molecule has 0 aliphatic carbocycles. The van der Waals surface area contributed by atoms with Gasteiger partial charge in [0.2, 0.25) is 5.91 Å². The van der Waals surface area contributed by atoms with E-state index in [1.165, 1.54) is 0 Å². The fourth-order valence-electron chi connectivity index (χ4n) is 3.28. The molecular formula is C18H24N4O3S. The van der Waals surface area contributed by atoms with Gasteiger partial charge in [-0.3, -0.25) is 9.48 Å². The highest BCUT2D eigenvalue weighted by Crippen LogP contribution is 2.28. The van der Waals surface area contributed by atoms with Gasteiger partial charge in [-0.05, 0) is 43.1 Å². The van der Waals surface area contributed by atoms with Crippen molar-refractivity contribution in [3.63, 3.8) is 0 Å². The topological polar surface area (TPSA) is 93.1 Å². The average molecular weight is 376 g/mol. The number of nitrogens with zero attached hydrogens (tertiary/aromatic N) is 2. The molecule has 2 heterocycles. The van der Waals surface area contributed by atoms with Crippen molar-refractivity contribution >= 4 is 15.7 Å². The lowest BCUT2D eigenvalue weighted by molar-refractivity contribution is -0.124. The van der Waals surface area contributed by atoms with Crippen LogP contribution in [0.1, 0.15) is 24.0 Å². The van der Waals surface area contributed by atoms with Gasteiger partial charge in [-0.25, -0.2) is 8.42 Å². The highest BCUT2D eigenvalue weighted by atomic mass is 32.2. The van der Waals surface area contributed by atoms with Crippen LogP contribution in [-0.2, 0) is 27.7 Å². The van der Waals surface area contributed by atoms with Gasteiger partial charge in [0.15, 0.2) is 14.6 Å². The van der Waals surface area contributed by atoms with Crippen LogP contribution in [0.25, 0.3) is 0 Å². The second-order valence-electron chi connectivity index (χ2n) is 6.72. The Hall–Kier alpha value is -2.19. The third-order valence-corrected chi connectivity index (χ3v) is 6.93. The minimum Gasteiger partial charge on any atom is -0.351 e. The minimum absolute atomic E-state index is 0.306. The van der Waals surface area contributed by atoms with Gasteiger partial charge in [-0.15, -0.1) is 0 Å². The number of sulfone groups is 1. The molecule has 0 spiro atoms. The van der Waals surface area contributed by atoms with E-state index in [4.69, 9.17) is 0 Å². The van der Waals surface area contributed by atoms with Crippen LogP contribution in [0.2, 0.25) is 0 Å². The fourth-order valence-corrected chi connectivity index (χ4v) is 4.64. The van der Waals surface area contributed by atoms with Crippen molar-refractivity contribution in [2.45, 2.75) is 30.7 Å². The number of piperidine rings is 1. The van der Waals surface area contributed by atoms with Gasteiger partial charge < -0.3 is 10.6 Å². The smallest absolute Gasteiger partial charge is 0.241 e. The van der Waals surface area contributed by atoms with Crippen molar-refractivity contribution in [3.8, 4) is 0 Å². The second kappa shape index (κ2) is 7.59. The Morgan fingerprint density at radius 2 is 1.88 bits per heavy atom. The SMILES string of the molecule is CS(=O)(=O)C1(C(=O)NCc2ccc(Cn3cccn3)cc2)CCNCC1. The first-order valence-corrected chi connectivity index (χ1v) is 10.5. The van der Waals surface area contributed by atoms with Gasteiger partial charge >= 0.3 is 0 Å². The van der Waals surface area contributed by atoms with Crippen LogP contribution in [0.15, 0.2) is 42.7 Å². The van der Waals surface area contributed by atoms with Gasteiger partial charge in [-0.1, -0.05) is 24.3 Å². The highest BCUT2D eigenvalue weighted by molar-refractivity contribution is 7.92. The quantitative estimate of drug-likeness (QED) is 0.775. The molecular weight excluding hydrogens is 352 g/mol. The standard InChI is InChI=1S/C18H24N4O3S/c1-26(24,25)18(7-10-19-11-8-18)17(23)20-13-15-3-5-16(6-4-15)14-22-12-2-9-21-22/h2-6,9,12,19H,7-8,10-11,13-14H2,1H3,(H,20,23). The van der Waals surface area contributed by atoms with Crippen molar-refractivity contribution in [1.29, 1.82) is 0 Å². The zero-order valence-corrected chi connectivity index (χ0v) is 15.6. The molecule has 0 bridgehead atoms. The van der Waals surface area contributed by atoms with Crippen LogP contribution in [0.5, 0.6) is 0 Å². The molecule has 1 aromatic heterocycles. The highest BCUT2D eigenvalue weighted by Gasteiger charge is 2.48. The summed E-state index contributed by atoms with van der Waals surface area (Å²) >= 11 is 0. The van der Waals surface area contributed by atoms with Crippen LogP contribution in [0, 0.1) is 0 Å². The summed E-state index contributed by atoms with van der Waals surface area (Å²) in [6.07, 6.45) is 5.41. The molecule has 1 amide bonds. The first-order chi connectivity index (χ1) is 12.4. The van der Waals surface area contributed by atoms with E-state index in [0.717, 1.165) is 17.4 Å². The maximum Gasteiger partial charge on any atom is 0.241 e. The largest absolute Gasteiger partial charge is 0.351 e. The minimum atomic E-state index is -3.49. The Morgan fingerprint density at radius 3 is 2.46 bits per heavy atom. The summed E-state index contributed by atoms with van der Waals surface area (Å²) < 4.78 is 25.0. The molecule has 1 saturated heterocycles. The molecule has 0 radical (unpaired) electrons. The molecule has 1 fully saturated rings. The molecule has 0 saturated carbocycles. The summed E-state index contributed by atoms with van der Waals surface area (Å²) in [6, 6.07) is 9.73. The van der Waals surface area contributed by atoms with Crippen LogP contribution >= 0.6 is 0 Å². The molecule has 2 aromatic rings. The number of aromatic nitrogens is 2. The van der Waals surface area contributed by atoms with Crippen molar-refractivity contribution in [1.82, 2.24) is 20.4 Å². The Morgan fingerprint density at radius 1 is 1.23 bits per heavy atom. The Labute approximate surface area is 153 Å². The van der Waals surface area contributed by atoms with Crippen molar-refractivity contribution < 1.29 is 13.2 Å². The number of hydrogen-bond donors (Lipinski definition) is 2. The van der Waals surface area contributed by atoms with E-state index in [2.05, 4.69) is 15.7 Å². The molecule has 1 aliphatic heterocycles. The maximum atomic E-state index is 12.7. The summed E-state index contributed by atoms with van der Waals surface area (Å²) in [7, 11) is -3.49. The van der Waals surface area contributed by atoms with Gasteiger partial charge in [0.1, 0.15) is 0 Å². The van der Waals surface area contributed by atoms with E-state index in [1.807, 2.05) is 41.2 Å². The number of carbonyl (C=O) groups is 1. The number of carbonyl (C=O) groups excluding carboxylic acids is 1. The molecule has 1 aliphatic rings. The molecule has 8 heteroatoms. The summed E-state index contributed by atoms with van der Waals surface area (Å²) in [5.41, 5.74) is 2.04. The lowest BCUT2D eigenvalue weighted by Gasteiger charge is -2.34. The molecule has 0 atom stereocenters. The zero-order chi connectivity index (χ0) is 18.6. The molecule has 1 aromatic carbocycles. The normalized spacial score (nSPS) is 17.0. The molecule has 2 N–H and O–H groups in total. The average Bonchev–Trinajstić information content (AvgIpc) is 3.13. The molecule has 7 nitrogen and oxygen atoms in total. The van der Waals surface area contributed by atoms with Crippen molar-refractivity contribution in [2.24, 2.45) is 0 Å².